The maximum atomic E-state index is 10.9. The summed E-state index contributed by atoms with van der Waals surface area (Å²) in [4.78, 5) is 10.9. The van der Waals surface area contributed by atoms with E-state index in [-0.39, 0.29) is 5.97 Å². The Kier molecular flexibility index (Phi) is 2.49. The van der Waals surface area contributed by atoms with Crippen molar-refractivity contribution in [1.82, 2.24) is 5.16 Å². The van der Waals surface area contributed by atoms with E-state index < -0.39 is 0 Å². The van der Waals surface area contributed by atoms with Crippen LogP contribution in [0.4, 0.5) is 0 Å². The molecule has 0 atom stereocenters. The van der Waals surface area contributed by atoms with Crippen LogP contribution in [0, 0.1) is 0 Å². The zero-order valence-electron chi connectivity index (χ0n) is 8.14. The lowest BCUT2D eigenvalue weighted by Crippen LogP contribution is -2.02. The highest BCUT2D eigenvalue weighted by molar-refractivity contribution is 5.74. The van der Waals surface area contributed by atoms with E-state index in [1.54, 1.807) is 18.2 Å². The molecule has 15 heavy (non-hydrogen) atoms. The molecule has 1 aromatic heterocycles. The van der Waals surface area contributed by atoms with Gasteiger partial charge in [0.1, 0.15) is 17.7 Å². The number of hydrogen-bond donors (Lipinski definition) is 0. The van der Waals surface area contributed by atoms with Crippen LogP contribution in [-0.2, 0) is 4.79 Å². The first-order chi connectivity index (χ1) is 7.27. The average Bonchev–Trinajstić information content (AvgIpc) is 2.70. The molecule has 0 saturated carbocycles. The van der Waals surface area contributed by atoms with Crippen LogP contribution in [-0.4, -0.2) is 11.1 Å². The second-order valence-electron chi connectivity index (χ2n) is 2.97. The molecular weight excluding hydrogens is 194 g/mol. The standard InChI is InChI=1S/C11H9NO3/c1-8(13)15-11-5-3-2-4-9(11)10-6-7-14-12-10/h2-7H,1H3. The first-order valence-corrected chi connectivity index (χ1v) is 4.45. The highest BCUT2D eigenvalue weighted by Gasteiger charge is 2.09. The second kappa shape index (κ2) is 3.96. The van der Waals surface area contributed by atoms with E-state index in [2.05, 4.69) is 5.16 Å². The number of ether oxygens (including phenoxy) is 1. The fourth-order valence-corrected chi connectivity index (χ4v) is 1.27. The predicted molar refractivity (Wildman–Crippen MR) is 53.2 cm³/mol. The summed E-state index contributed by atoms with van der Waals surface area (Å²) in [6.07, 6.45) is 1.47. The van der Waals surface area contributed by atoms with Gasteiger partial charge in [0.05, 0.1) is 0 Å². The van der Waals surface area contributed by atoms with Crippen LogP contribution in [0.1, 0.15) is 6.92 Å². The topological polar surface area (TPSA) is 52.3 Å². The zero-order valence-corrected chi connectivity index (χ0v) is 8.14. The van der Waals surface area contributed by atoms with Gasteiger partial charge in [-0.2, -0.15) is 0 Å². The summed E-state index contributed by atoms with van der Waals surface area (Å²) in [6, 6.07) is 8.88. The number of aromatic nitrogens is 1. The van der Waals surface area contributed by atoms with Crippen LogP contribution in [0.2, 0.25) is 0 Å². The van der Waals surface area contributed by atoms with Gasteiger partial charge in [-0.25, -0.2) is 0 Å². The number of hydrogen-bond acceptors (Lipinski definition) is 4. The van der Waals surface area contributed by atoms with E-state index in [9.17, 15) is 4.79 Å². The average molecular weight is 203 g/mol. The third-order valence-electron chi connectivity index (χ3n) is 1.85. The Bertz CT molecular complexity index is 462. The summed E-state index contributed by atoms with van der Waals surface area (Å²) in [7, 11) is 0. The predicted octanol–water partition coefficient (Wildman–Crippen LogP) is 2.27. The minimum absolute atomic E-state index is 0.356. The minimum Gasteiger partial charge on any atom is -0.426 e. The Morgan fingerprint density at radius 2 is 2.13 bits per heavy atom. The molecule has 0 spiro atoms. The van der Waals surface area contributed by atoms with Crippen LogP contribution < -0.4 is 4.74 Å². The molecule has 0 aliphatic carbocycles. The van der Waals surface area contributed by atoms with Gasteiger partial charge in [0, 0.05) is 18.6 Å². The smallest absolute Gasteiger partial charge is 0.308 e. The summed E-state index contributed by atoms with van der Waals surface area (Å²) in [5, 5.41) is 3.79. The Hall–Kier alpha value is -2.10. The molecule has 0 unspecified atom stereocenters. The number of benzene rings is 1. The first kappa shape index (κ1) is 9.45. The van der Waals surface area contributed by atoms with Crippen molar-refractivity contribution >= 4 is 5.97 Å². The molecule has 0 bridgehead atoms. The van der Waals surface area contributed by atoms with Crippen LogP contribution in [0.3, 0.4) is 0 Å². The number of para-hydroxylation sites is 1. The Morgan fingerprint density at radius 3 is 2.80 bits per heavy atom. The van der Waals surface area contributed by atoms with E-state index in [0.717, 1.165) is 5.56 Å². The quantitative estimate of drug-likeness (QED) is 0.555. The van der Waals surface area contributed by atoms with E-state index in [1.165, 1.54) is 13.2 Å². The van der Waals surface area contributed by atoms with Gasteiger partial charge in [-0.05, 0) is 12.1 Å². The summed E-state index contributed by atoms with van der Waals surface area (Å²) >= 11 is 0. The van der Waals surface area contributed by atoms with Crippen molar-refractivity contribution in [3.8, 4) is 17.0 Å². The largest absolute Gasteiger partial charge is 0.426 e. The third kappa shape index (κ3) is 2.04. The van der Waals surface area contributed by atoms with E-state index in [0.29, 0.717) is 11.4 Å². The SMILES string of the molecule is CC(=O)Oc1ccccc1-c1ccon1. The molecule has 0 fully saturated rings. The monoisotopic (exact) mass is 203 g/mol. The molecule has 2 aromatic rings. The van der Waals surface area contributed by atoms with Crippen molar-refractivity contribution < 1.29 is 14.1 Å². The summed E-state index contributed by atoms with van der Waals surface area (Å²) in [5.41, 5.74) is 1.38. The fourth-order valence-electron chi connectivity index (χ4n) is 1.27. The minimum atomic E-state index is -0.356. The molecule has 4 heteroatoms. The van der Waals surface area contributed by atoms with Crippen molar-refractivity contribution in [3.63, 3.8) is 0 Å². The third-order valence-corrected chi connectivity index (χ3v) is 1.85. The molecule has 76 valence electrons. The first-order valence-electron chi connectivity index (χ1n) is 4.45. The highest BCUT2D eigenvalue weighted by atomic mass is 16.5. The number of esters is 1. The molecule has 0 aliphatic rings. The van der Waals surface area contributed by atoms with Crippen molar-refractivity contribution in [2.24, 2.45) is 0 Å². The van der Waals surface area contributed by atoms with Gasteiger partial charge in [-0.15, -0.1) is 0 Å². The number of nitrogens with zero attached hydrogens (tertiary/aromatic N) is 1. The molecule has 0 saturated heterocycles. The van der Waals surface area contributed by atoms with Gasteiger partial charge < -0.3 is 9.26 Å². The van der Waals surface area contributed by atoms with Crippen LogP contribution in [0.15, 0.2) is 41.1 Å². The highest BCUT2D eigenvalue weighted by Crippen LogP contribution is 2.28. The van der Waals surface area contributed by atoms with Crippen LogP contribution >= 0.6 is 0 Å². The summed E-state index contributed by atoms with van der Waals surface area (Å²) in [5.74, 6) is 0.129. The van der Waals surface area contributed by atoms with E-state index in [1.807, 2.05) is 12.1 Å². The van der Waals surface area contributed by atoms with E-state index >= 15 is 0 Å². The zero-order chi connectivity index (χ0) is 10.7. The van der Waals surface area contributed by atoms with Gasteiger partial charge in [-0.1, -0.05) is 17.3 Å². The number of carbonyl (C=O) groups is 1. The number of rotatable bonds is 2. The van der Waals surface area contributed by atoms with Crippen molar-refractivity contribution in [2.45, 2.75) is 6.92 Å². The van der Waals surface area contributed by atoms with Gasteiger partial charge in [0.25, 0.3) is 0 Å². The lowest BCUT2D eigenvalue weighted by Gasteiger charge is -2.05. The molecular formula is C11H9NO3. The van der Waals surface area contributed by atoms with Gasteiger partial charge in [0.15, 0.2) is 0 Å². The summed E-state index contributed by atoms with van der Waals surface area (Å²) < 4.78 is 9.79. The van der Waals surface area contributed by atoms with Gasteiger partial charge in [-0.3, -0.25) is 4.79 Å². The Labute approximate surface area is 86.5 Å². The molecule has 4 nitrogen and oxygen atoms in total. The van der Waals surface area contributed by atoms with Gasteiger partial charge >= 0.3 is 5.97 Å². The number of carbonyl (C=O) groups excluding carboxylic acids is 1. The molecule has 0 radical (unpaired) electrons. The molecule has 0 aliphatic heterocycles. The molecule has 0 N–H and O–H groups in total. The molecule has 0 amide bonds. The second-order valence-corrected chi connectivity index (χ2v) is 2.97. The van der Waals surface area contributed by atoms with Gasteiger partial charge in [0.2, 0.25) is 0 Å². The van der Waals surface area contributed by atoms with Crippen molar-refractivity contribution in [1.29, 1.82) is 0 Å². The lowest BCUT2D eigenvalue weighted by molar-refractivity contribution is -0.131. The maximum absolute atomic E-state index is 10.9. The van der Waals surface area contributed by atoms with Crippen molar-refractivity contribution in [2.75, 3.05) is 0 Å². The molecule has 1 aromatic carbocycles. The van der Waals surface area contributed by atoms with E-state index in [4.69, 9.17) is 9.26 Å². The van der Waals surface area contributed by atoms with Crippen LogP contribution in [0.5, 0.6) is 5.75 Å². The van der Waals surface area contributed by atoms with Crippen molar-refractivity contribution in [3.05, 3.63) is 36.6 Å². The fraction of sp³-hybridized carbons (Fsp3) is 0.0909. The normalized spacial score (nSPS) is 9.93. The molecule has 2 rings (SSSR count). The maximum Gasteiger partial charge on any atom is 0.308 e. The summed E-state index contributed by atoms with van der Waals surface area (Å²) in [6.45, 7) is 1.36. The Balaban J connectivity index is 2.42. The molecule has 1 heterocycles. The Morgan fingerprint density at radius 1 is 1.33 bits per heavy atom. The lowest BCUT2D eigenvalue weighted by atomic mass is 10.1. The van der Waals surface area contributed by atoms with Crippen LogP contribution in [0.25, 0.3) is 11.3 Å².